The maximum Gasteiger partial charge on any atom is 0.218 e. The average molecular weight is 272 g/mol. The molecule has 0 fully saturated rings. The number of hydrogen-bond donors (Lipinski definition) is 2. The van der Waals surface area contributed by atoms with Crippen molar-refractivity contribution in [3.63, 3.8) is 0 Å². The number of hydrogen-bond acceptors (Lipinski definition) is 5. The first-order valence-electron chi connectivity index (χ1n) is 6.81. The second-order valence-electron chi connectivity index (χ2n) is 4.51. The number of rotatable bonds is 7. The Labute approximate surface area is 119 Å². The highest BCUT2D eigenvalue weighted by Crippen LogP contribution is 2.12. The number of nitrogens with one attached hydrogen (secondary N) is 1. The third kappa shape index (κ3) is 4.42. The summed E-state index contributed by atoms with van der Waals surface area (Å²) in [6.07, 6.45) is 3.38. The molecule has 0 saturated heterocycles. The zero-order chi connectivity index (χ0) is 14.2. The van der Waals surface area contributed by atoms with Gasteiger partial charge in [-0.15, -0.1) is 0 Å². The summed E-state index contributed by atoms with van der Waals surface area (Å²) < 4.78 is 5.47. The first kappa shape index (κ1) is 14.1. The minimum Gasteiger partial charge on any atom is -0.478 e. The SMILES string of the molecule is CCCOc1cc(NCCc2ccc(N)cc2)ncn1. The topological polar surface area (TPSA) is 73.1 Å². The van der Waals surface area contributed by atoms with Crippen LogP contribution in [-0.4, -0.2) is 23.1 Å². The van der Waals surface area contributed by atoms with Gasteiger partial charge in [0.1, 0.15) is 12.1 Å². The molecule has 0 atom stereocenters. The van der Waals surface area contributed by atoms with Gasteiger partial charge in [0.15, 0.2) is 0 Å². The van der Waals surface area contributed by atoms with E-state index in [0.29, 0.717) is 12.5 Å². The largest absolute Gasteiger partial charge is 0.478 e. The van der Waals surface area contributed by atoms with Gasteiger partial charge in [0.05, 0.1) is 6.61 Å². The first-order valence-corrected chi connectivity index (χ1v) is 6.81. The zero-order valence-corrected chi connectivity index (χ0v) is 11.7. The quantitative estimate of drug-likeness (QED) is 0.758. The Hall–Kier alpha value is -2.30. The van der Waals surface area contributed by atoms with Gasteiger partial charge in [0, 0.05) is 18.3 Å². The maximum absolute atomic E-state index is 5.66. The van der Waals surface area contributed by atoms with Gasteiger partial charge in [-0.05, 0) is 30.5 Å². The summed E-state index contributed by atoms with van der Waals surface area (Å²) in [5, 5.41) is 3.26. The summed E-state index contributed by atoms with van der Waals surface area (Å²) in [6, 6.07) is 9.71. The van der Waals surface area contributed by atoms with Crippen molar-refractivity contribution < 1.29 is 4.74 Å². The predicted molar refractivity (Wildman–Crippen MR) is 80.9 cm³/mol. The molecule has 1 aromatic carbocycles. The standard InChI is InChI=1S/C15H20N4O/c1-2-9-20-15-10-14(18-11-19-15)17-8-7-12-3-5-13(16)6-4-12/h3-6,10-11H,2,7-9,16H2,1H3,(H,17,18,19). The van der Waals surface area contributed by atoms with E-state index < -0.39 is 0 Å². The van der Waals surface area contributed by atoms with E-state index in [9.17, 15) is 0 Å². The Bertz CT molecular complexity index is 528. The van der Waals surface area contributed by atoms with Gasteiger partial charge in [-0.25, -0.2) is 9.97 Å². The van der Waals surface area contributed by atoms with Gasteiger partial charge >= 0.3 is 0 Å². The summed E-state index contributed by atoms with van der Waals surface area (Å²) in [4.78, 5) is 8.24. The van der Waals surface area contributed by atoms with E-state index in [4.69, 9.17) is 10.5 Å². The molecular formula is C15H20N4O. The van der Waals surface area contributed by atoms with Crippen molar-refractivity contribution in [2.24, 2.45) is 0 Å². The highest BCUT2D eigenvalue weighted by molar-refractivity contribution is 5.40. The maximum atomic E-state index is 5.66. The molecule has 0 amide bonds. The number of nitrogens with two attached hydrogens (primary N) is 1. The molecule has 20 heavy (non-hydrogen) atoms. The average Bonchev–Trinajstić information content (AvgIpc) is 2.48. The highest BCUT2D eigenvalue weighted by Gasteiger charge is 1.99. The lowest BCUT2D eigenvalue weighted by molar-refractivity contribution is 0.305. The number of aromatic nitrogens is 2. The van der Waals surface area contributed by atoms with Crippen LogP contribution >= 0.6 is 0 Å². The van der Waals surface area contributed by atoms with E-state index in [2.05, 4.69) is 22.2 Å². The van der Waals surface area contributed by atoms with E-state index in [1.807, 2.05) is 30.3 Å². The van der Waals surface area contributed by atoms with Gasteiger partial charge in [0.2, 0.25) is 5.88 Å². The molecule has 0 aliphatic heterocycles. The van der Waals surface area contributed by atoms with Crippen LogP contribution in [0.4, 0.5) is 11.5 Å². The van der Waals surface area contributed by atoms with E-state index >= 15 is 0 Å². The van der Waals surface area contributed by atoms with Crippen LogP contribution in [0.25, 0.3) is 0 Å². The van der Waals surface area contributed by atoms with Crippen LogP contribution in [0.1, 0.15) is 18.9 Å². The Morgan fingerprint density at radius 3 is 2.75 bits per heavy atom. The fourth-order valence-electron chi connectivity index (χ4n) is 1.74. The number of anilines is 2. The Kier molecular flexibility index (Phi) is 5.17. The summed E-state index contributed by atoms with van der Waals surface area (Å²) in [5.74, 6) is 1.39. The molecule has 106 valence electrons. The predicted octanol–water partition coefficient (Wildman–Crippen LogP) is 2.50. The Balaban J connectivity index is 1.82. The molecule has 5 nitrogen and oxygen atoms in total. The molecule has 0 unspecified atom stereocenters. The molecule has 0 bridgehead atoms. The molecule has 2 aromatic rings. The van der Waals surface area contributed by atoms with Gasteiger partial charge in [-0.2, -0.15) is 0 Å². The highest BCUT2D eigenvalue weighted by atomic mass is 16.5. The van der Waals surface area contributed by atoms with Crippen molar-refractivity contribution in [1.82, 2.24) is 9.97 Å². The summed E-state index contributed by atoms with van der Waals surface area (Å²) >= 11 is 0. The fourth-order valence-corrected chi connectivity index (χ4v) is 1.74. The Morgan fingerprint density at radius 2 is 2.00 bits per heavy atom. The third-order valence-corrected chi connectivity index (χ3v) is 2.80. The Morgan fingerprint density at radius 1 is 1.20 bits per heavy atom. The molecule has 0 radical (unpaired) electrons. The number of nitrogens with zero attached hydrogens (tertiary/aromatic N) is 2. The summed E-state index contributed by atoms with van der Waals surface area (Å²) in [7, 11) is 0. The fraction of sp³-hybridized carbons (Fsp3) is 0.333. The van der Waals surface area contributed by atoms with Crippen LogP contribution in [0.5, 0.6) is 5.88 Å². The second-order valence-corrected chi connectivity index (χ2v) is 4.51. The minimum absolute atomic E-state index is 0.608. The van der Waals surface area contributed by atoms with Crippen molar-refractivity contribution in [3.8, 4) is 5.88 Å². The lowest BCUT2D eigenvalue weighted by Gasteiger charge is -2.08. The molecule has 0 aliphatic carbocycles. The van der Waals surface area contributed by atoms with Gasteiger partial charge < -0.3 is 15.8 Å². The van der Waals surface area contributed by atoms with Gasteiger partial charge in [-0.1, -0.05) is 19.1 Å². The van der Waals surface area contributed by atoms with Crippen LogP contribution in [0, 0.1) is 0 Å². The van der Waals surface area contributed by atoms with Crippen LogP contribution < -0.4 is 15.8 Å². The van der Waals surface area contributed by atoms with Crippen molar-refractivity contribution in [2.45, 2.75) is 19.8 Å². The van der Waals surface area contributed by atoms with E-state index in [1.54, 1.807) is 0 Å². The van der Waals surface area contributed by atoms with Crippen molar-refractivity contribution in [1.29, 1.82) is 0 Å². The van der Waals surface area contributed by atoms with Crippen LogP contribution in [-0.2, 0) is 6.42 Å². The lowest BCUT2D eigenvalue weighted by Crippen LogP contribution is -2.07. The minimum atomic E-state index is 0.608. The molecular weight excluding hydrogens is 252 g/mol. The van der Waals surface area contributed by atoms with Crippen molar-refractivity contribution in [2.75, 3.05) is 24.2 Å². The van der Waals surface area contributed by atoms with Crippen molar-refractivity contribution >= 4 is 11.5 Å². The zero-order valence-electron chi connectivity index (χ0n) is 11.7. The number of nitrogen functional groups attached to an aromatic ring is 1. The van der Waals surface area contributed by atoms with Crippen LogP contribution in [0.15, 0.2) is 36.7 Å². The van der Waals surface area contributed by atoms with E-state index in [1.165, 1.54) is 11.9 Å². The molecule has 0 spiro atoms. The van der Waals surface area contributed by atoms with Crippen LogP contribution in [0.3, 0.4) is 0 Å². The molecule has 0 saturated carbocycles. The van der Waals surface area contributed by atoms with Crippen molar-refractivity contribution in [3.05, 3.63) is 42.2 Å². The molecule has 2 rings (SSSR count). The van der Waals surface area contributed by atoms with Crippen LogP contribution in [0.2, 0.25) is 0 Å². The van der Waals surface area contributed by atoms with Gasteiger partial charge in [-0.3, -0.25) is 0 Å². The lowest BCUT2D eigenvalue weighted by atomic mass is 10.1. The van der Waals surface area contributed by atoms with E-state index in [0.717, 1.165) is 30.9 Å². The smallest absolute Gasteiger partial charge is 0.218 e. The number of benzene rings is 1. The molecule has 3 N–H and O–H groups in total. The summed E-state index contributed by atoms with van der Waals surface area (Å²) in [6.45, 7) is 3.53. The molecule has 0 aliphatic rings. The molecule has 1 heterocycles. The van der Waals surface area contributed by atoms with Gasteiger partial charge in [0.25, 0.3) is 0 Å². The normalized spacial score (nSPS) is 10.2. The third-order valence-electron chi connectivity index (χ3n) is 2.80. The molecule has 5 heteroatoms. The summed E-state index contributed by atoms with van der Waals surface area (Å²) in [5.41, 5.74) is 7.68. The monoisotopic (exact) mass is 272 g/mol. The second kappa shape index (κ2) is 7.33. The number of ether oxygens (including phenoxy) is 1. The first-order chi connectivity index (χ1) is 9.78. The molecule has 1 aromatic heterocycles. The van der Waals surface area contributed by atoms with E-state index in [-0.39, 0.29) is 0 Å².